The van der Waals surface area contributed by atoms with E-state index < -0.39 is 21.0 Å². The van der Waals surface area contributed by atoms with Crippen LogP contribution in [0.1, 0.15) is 23.1 Å². The van der Waals surface area contributed by atoms with Crippen molar-refractivity contribution in [3.05, 3.63) is 47.7 Å². The Balaban J connectivity index is 1.62. The second-order valence-corrected chi connectivity index (χ2v) is 11.0. The van der Waals surface area contributed by atoms with Gasteiger partial charge in [0.25, 0.3) is 0 Å². The average Bonchev–Trinajstić information content (AvgIpc) is 3.52. The van der Waals surface area contributed by atoms with E-state index in [4.69, 9.17) is 4.74 Å². The number of nitrogens with one attached hydrogen (secondary N) is 2. The highest BCUT2D eigenvalue weighted by Gasteiger charge is 2.37. The third-order valence-electron chi connectivity index (χ3n) is 5.18. The number of carbonyl (C=O) groups excluding carboxylic acids is 2. The minimum Gasteiger partial charge on any atom is -0.384 e. The van der Waals surface area contributed by atoms with Crippen molar-refractivity contribution >= 4 is 43.2 Å². The number of fused-ring (bicyclic) bond motifs is 1. The lowest BCUT2D eigenvalue weighted by atomic mass is 10.1. The molecule has 2 aromatic heterocycles. The molecule has 2 N–H and O–H groups in total. The largest absolute Gasteiger partial charge is 0.384 e. The van der Waals surface area contributed by atoms with Gasteiger partial charge in [0.15, 0.2) is 15.1 Å². The molecular formula is C22H24N4O5S2. The van der Waals surface area contributed by atoms with Crippen molar-refractivity contribution in [2.75, 3.05) is 26.0 Å². The van der Waals surface area contributed by atoms with Crippen molar-refractivity contribution in [3.63, 3.8) is 0 Å². The summed E-state index contributed by atoms with van der Waals surface area (Å²) in [5.74, 6) is -1.45. The summed E-state index contributed by atoms with van der Waals surface area (Å²) in [6.07, 6.45) is 5.22. The van der Waals surface area contributed by atoms with Crippen LogP contribution in [0.25, 0.3) is 21.3 Å². The molecule has 2 heterocycles. The van der Waals surface area contributed by atoms with Crippen LogP contribution in [0.4, 0.5) is 0 Å². The number of aromatic nitrogens is 2. The van der Waals surface area contributed by atoms with Crippen LogP contribution in [0.5, 0.6) is 0 Å². The Labute approximate surface area is 195 Å². The van der Waals surface area contributed by atoms with E-state index in [1.54, 1.807) is 18.5 Å². The van der Waals surface area contributed by atoms with Crippen molar-refractivity contribution in [1.29, 1.82) is 0 Å². The maximum absolute atomic E-state index is 13.0. The number of nitrogens with zero attached hydrogens (tertiary/aromatic N) is 2. The SMILES string of the molecule is COCCS(=O)(=O)C(C(=O)NCC(=O)NC1CC1)c1nc2ccc(-c3ccncc3)cc2s1. The van der Waals surface area contributed by atoms with E-state index in [0.29, 0.717) is 5.52 Å². The van der Waals surface area contributed by atoms with Crippen LogP contribution < -0.4 is 10.6 Å². The Morgan fingerprint density at radius 2 is 1.94 bits per heavy atom. The summed E-state index contributed by atoms with van der Waals surface area (Å²) in [6, 6.07) is 9.49. The van der Waals surface area contributed by atoms with E-state index in [0.717, 1.165) is 40.0 Å². The van der Waals surface area contributed by atoms with Crippen LogP contribution in [0.15, 0.2) is 42.7 Å². The number of sulfone groups is 1. The van der Waals surface area contributed by atoms with E-state index in [1.807, 2.05) is 24.3 Å². The highest BCUT2D eigenvalue weighted by atomic mass is 32.2. The van der Waals surface area contributed by atoms with Crippen LogP contribution in [-0.4, -0.2) is 62.3 Å². The molecular weight excluding hydrogens is 464 g/mol. The molecule has 2 amide bonds. The number of methoxy groups -OCH3 is 1. The summed E-state index contributed by atoms with van der Waals surface area (Å²) in [6.45, 7) is -0.339. The summed E-state index contributed by atoms with van der Waals surface area (Å²) in [7, 11) is -2.54. The molecule has 11 heteroatoms. The quantitative estimate of drug-likeness (QED) is 0.446. The fourth-order valence-electron chi connectivity index (χ4n) is 3.29. The molecule has 1 fully saturated rings. The van der Waals surface area contributed by atoms with Crippen LogP contribution in [-0.2, 0) is 24.2 Å². The number of carbonyl (C=O) groups is 2. The second-order valence-electron chi connectivity index (χ2n) is 7.77. The molecule has 1 saturated carbocycles. The normalized spacial score (nSPS) is 14.7. The summed E-state index contributed by atoms with van der Waals surface area (Å²) in [4.78, 5) is 33.4. The number of rotatable bonds is 10. The van der Waals surface area contributed by atoms with Crippen LogP contribution in [0, 0.1) is 0 Å². The molecule has 1 aliphatic rings. The monoisotopic (exact) mass is 488 g/mol. The van der Waals surface area contributed by atoms with Gasteiger partial charge in [-0.15, -0.1) is 11.3 Å². The fourth-order valence-corrected chi connectivity index (χ4v) is 6.27. The Bertz CT molecular complexity index is 1260. The lowest BCUT2D eigenvalue weighted by Gasteiger charge is -2.15. The molecule has 4 rings (SSSR count). The Morgan fingerprint density at radius 3 is 2.64 bits per heavy atom. The van der Waals surface area contributed by atoms with Gasteiger partial charge in [0.1, 0.15) is 5.01 Å². The number of amides is 2. The van der Waals surface area contributed by atoms with E-state index >= 15 is 0 Å². The molecule has 1 atom stereocenters. The van der Waals surface area contributed by atoms with Gasteiger partial charge >= 0.3 is 0 Å². The van der Waals surface area contributed by atoms with Gasteiger partial charge in [-0.2, -0.15) is 0 Å². The molecule has 9 nitrogen and oxygen atoms in total. The molecule has 0 saturated heterocycles. The minimum absolute atomic E-state index is 0.0502. The zero-order chi connectivity index (χ0) is 23.4. The topological polar surface area (TPSA) is 127 Å². The summed E-state index contributed by atoms with van der Waals surface area (Å²) >= 11 is 1.15. The number of hydrogen-bond donors (Lipinski definition) is 2. The predicted molar refractivity (Wildman–Crippen MR) is 125 cm³/mol. The molecule has 0 bridgehead atoms. The summed E-state index contributed by atoms with van der Waals surface area (Å²) in [5, 5.41) is 3.87. The van der Waals surface area contributed by atoms with Crippen molar-refractivity contribution in [1.82, 2.24) is 20.6 Å². The molecule has 1 unspecified atom stereocenters. The smallest absolute Gasteiger partial charge is 0.245 e. The summed E-state index contributed by atoms with van der Waals surface area (Å²) in [5.41, 5.74) is 2.49. The highest BCUT2D eigenvalue weighted by molar-refractivity contribution is 7.92. The standard InChI is InChI=1S/C22H24N4O5S2/c1-31-10-11-33(29,30)20(21(28)24-13-19(27)25-16-3-4-16)22-26-17-5-2-15(12-18(17)32-22)14-6-8-23-9-7-14/h2,5-9,12,16,20H,3-4,10-11,13H2,1H3,(H,24,28)(H,25,27). The first kappa shape index (κ1) is 23.3. The van der Waals surface area contributed by atoms with Crippen LogP contribution >= 0.6 is 11.3 Å². The zero-order valence-corrected chi connectivity index (χ0v) is 19.6. The van der Waals surface area contributed by atoms with Gasteiger partial charge in [-0.25, -0.2) is 13.4 Å². The van der Waals surface area contributed by atoms with Gasteiger partial charge in [0.2, 0.25) is 11.8 Å². The van der Waals surface area contributed by atoms with Crippen molar-refractivity contribution in [3.8, 4) is 11.1 Å². The number of hydrogen-bond acceptors (Lipinski definition) is 8. The van der Waals surface area contributed by atoms with E-state index in [1.165, 1.54) is 7.11 Å². The maximum Gasteiger partial charge on any atom is 0.245 e. The highest BCUT2D eigenvalue weighted by Crippen LogP contribution is 2.34. The van der Waals surface area contributed by atoms with Crippen LogP contribution in [0.2, 0.25) is 0 Å². The van der Waals surface area contributed by atoms with Crippen molar-refractivity contribution in [2.45, 2.75) is 24.1 Å². The maximum atomic E-state index is 13.0. The molecule has 0 spiro atoms. The van der Waals surface area contributed by atoms with Crippen molar-refractivity contribution in [2.24, 2.45) is 0 Å². The predicted octanol–water partition coefficient (Wildman–Crippen LogP) is 1.86. The first-order valence-corrected chi connectivity index (χ1v) is 13.0. The van der Waals surface area contributed by atoms with Gasteiger partial charge < -0.3 is 15.4 Å². The van der Waals surface area contributed by atoms with E-state index in [-0.39, 0.29) is 35.9 Å². The first-order chi connectivity index (χ1) is 15.9. The number of benzene rings is 1. The lowest BCUT2D eigenvalue weighted by molar-refractivity contribution is -0.126. The number of thiazole rings is 1. The minimum atomic E-state index is -3.93. The molecule has 1 aliphatic carbocycles. The van der Waals surface area contributed by atoms with Gasteiger partial charge in [-0.05, 0) is 48.2 Å². The molecule has 174 valence electrons. The molecule has 0 radical (unpaired) electrons. The zero-order valence-electron chi connectivity index (χ0n) is 18.0. The molecule has 0 aliphatic heterocycles. The first-order valence-electron chi connectivity index (χ1n) is 10.5. The van der Waals surface area contributed by atoms with Gasteiger partial charge in [0, 0.05) is 25.5 Å². The number of ether oxygens (including phenoxy) is 1. The van der Waals surface area contributed by atoms with Gasteiger partial charge in [-0.3, -0.25) is 14.6 Å². The van der Waals surface area contributed by atoms with Crippen LogP contribution in [0.3, 0.4) is 0 Å². The van der Waals surface area contributed by atoms with E-state index in [9.17, 15) is 18.0 Å². The van der Waals surface area contributed by atoms with E-state index in [2.05, 4.69) is 20.6 Å². The Hall–Kier alpha value is -2.89. The van der Waals surface area contributed by atoms with Crippen molar-refractivity contribution < 1.29 is 22.7 Å². The molecule has 3 aromatic rings. The molecule has 33 heavy (non-hydrogen) atoms. The third kappa shape index (κ3) is 5.73. The van der Waals surface area contributed by atoms with Gasteiger partial charge in [0.05, 0.1) is 29.1 Å². The number of pyridine rings is 1. The Kier molecular flexibility index (Phi) is 7.01. The van der Waals surface area contributed by atoms with Gasteiger partial charge in [-0.1, -0.05) is 6.07 Å². The second kappa shape index (κ2) is 9.94. The summed E-state index contributed by atoms with van der Waals surface area (Å²) < 4.78 is 31.8. The fraction of sp³-hybridized carbons (Fsp3) is 0.364. The average molecular weight is 489 g/mol. The lowest BCUT2D eigenvalue weighted by Crippen LogP contribution is -2.41. The Morgan fingerprint density at radius 1 is 1.18 bits per heavy atom. The third-order valence-corrected chi connectivity index (χ3v) is 8.30. The molecule has 1 aromatic carbocycles.